The van der Waals surface area contributed by atoms with Crippen molar-refractivity contribution in [2.24, 2.45) is 10.2 Å². The fourth-order valence-electron chi connectivity index (χ4n) is 2.75. The third-order valence-corrected chi connectivity index (χ3v) is 4.70. The number of hydrogen-bond donors (Lipinski definition) is 4. The molecular weight excluding hydrogens is 428 g/mol. The maximum atomic E-state index is 12.0. The number of phenols is 2. The minimum atomic E-state index is -0.330. The standard InChI is InChI=1S/C23H28N4O6/c1-14(16-8-10-18(28)20(12-16)32-3)24-26-22(30)6-5-7-23(31)27-25-15(2)17-9-11-19(29)21(13-17)33-4/h8-13,28-29H,5-7H2,1-4H3,(H,26,30)(H,27,31)/b24-14+,25-15+. The van der Waals surface area contributed by atoms with Crippen LogP contribution >= 0.6 is 0 Å². The maximum absolute atomic E-state index is 12.0. The van der Waals surface area contributed by atoms with E-state index in [4.69, 9.17) is 9.47 Å². The number of rotatable bonds is 10. The molecule has 2 rings (SSSR count). The van der Waals surface area contributed by atoms with Crippen LogP contribution in [0, 0.1) is 0 Å². The van der Waals surface area contributed by atoms with Crippen LogP contribution in [0.3, 0.4) is 0 Å². The Morgan fingerprint density at radius 1 is 0.788 bits per heavy atom. The van der Waals surface area contributed by atoms with Gasteiger partial charge in [-0.05, 0) is 56.7 Å². The first-order valence-corrected chi connectivity index (χ1v) is 10.2. The molecular formula is C23H28N4O6. The zero-order valence-electron chi connectivity index (χ0n) is 19.0. The second-order valence-corrected chi connectivity index (χ2v) is 7.09. The van der Waals surface area contributed by atoms with Crippen LogP contribution in [0.5, 0.6) is 23.0 Å². The molecule has 2 aromatic carbocycles. The quantitative estimate of drug-likeness (QED) is 0.320. The van der Waals surface area contributed by atoms with Crippen molar-refractivity contribution in [1.82, 2.24) is 10.9 Å². The highest BCUT2D eigenvalue weighted by atomic mass is 16.5. The minimum Gasteiger partial charge on any atom is -0.504 e. The number of benzene rings is 2. The summed E-state index contributed by atoms with van der Waals surface area (Å²) in [6.07, 6.45) is 0.544. The van der Waals surface area contributed by atoms with Gasteiger partial charge in [-0.1, -0.05) is 0 Å². The number of hydrogen-bond acceptors (Lipinski definition) is 8. The van der Waals surface area contributed by atoms with Gasteiger partial charge < -0.3 is 19.7 Å². The van der Waals surface area contributed by atoms with Gasteiger partial charge in [-0.25, -0.2) is 10.9 Å². The van der Waals surface area contributed by atoms with Gasteiger partial charge >= 0.3 is 0 Å². The average molecular weight is 456 g/mol. The lowest BCUT2D eigenvalue weighted by molar-refractivity contribution is -0.122. The predicted octanol–water partition coefficient (Wildman–Crippen LogP) is 2.67. The van der Waals surface area contributed by atoms with Crippen molar-refractivity contribution in [2.75, 3.05) is 14.2 Å². The molecule has 0 unspecified atom stereocenters. The van der Waals surface area contributed by atoms with E-state index in [1.165, 1.54) is 26.4 Å². The fraction of sp³-hybridized carbons (Fsp3) is 0.304. The number of amides is 2. The van der Waals surface area contributed by atoms with Crippen molar-refractivity contribution >= 4 is 23.2 Å². The Morgan fingerprint density at radius 2 is 1.18 bits per heavy atom. The van der Waals surface area contributed by atoms with E-state index >= 15 is 0 Å². The molecule has 10 heteroatoms. The largest absolute Gasteiger partial charge is 0.504 e. The summed E-state index contributed by atoms with van der Waals surface area (Å²) in [7, 11) is 2.89. The van der Waals surface area contributed by atoms with Gasteiger partial charge in [0.15, 0.2) is 23.0 Å². The third-order valence-electron chi connectivity index (χ3n) is 4.70. The van der Waals surface area contributed by atoms with Gasteiger partial charge in [0, 0.05) is 24.0 Å². The molecule has 0 radical (unpaired) electrons. The smallest absolute Gasteiger partial charge is 0.240 e. The Kier molecular flexibility index (Phi) is 9.22. The zero-order chi connectivity index (χ0) is 24.4. The number of nitrogens with zero attached hydrogens (tertiary/aromatic N) is 2. The SMILES string of the molecule is COc1cc(/C(C)=N/NC(=O)CCCC(=O)N/N=C(\C)c2ccc(O)c(OC)c2)ccc1O. The molecule has 0 aliphatic rings. The highest BCUT2D eigenvalue weighted by Crippen LogP contribution is 2.27. The highest BCUT2D eigenvalue weighted by molar-refractivity contribution is 6.00. The summed E-state index contributed by atoms with van der Waals surface area (Å²) in [6, 6.07) is 9.50. The van der Waals surface area contributed by atoms with Crippen LogP contribution in [0.25, 0.3) is 0 Å². The molecule has 0 atom stereocenters. The Labute approximate surface area is 191 Å². The molecule has 0 aliphatic heterocycles. The summed E-state index contributed by atoms with van der Waals surface area (Å²) in [5, 5.41) is 27.4. The second kappa shape index (κ2) is 12.1. The number of carbonyl (C=O) groups excluding carboxylic acids is 2. The van der Waals surface area contributed by atoms with E-state index < -0.39 is 0 Å². The summed E-state index contributed by atoms with van der Waals surface area (Å²) >= 11 is 0. The van der Waals surface area contributed by atoms with E-state index in [1.54, 1.807) is 38.1 Å². The number of phenolic OH excluding ortho intramolecular Hbond substituents is 2. The number of hydrazone groups is 2. The summed E-state index contributed by atoms with van der Waals surface area (Å²) < 4.78 is 10.1. The summed E-state index contributed by atoms with van der Waals surface area (Å²) in [5.41, 5.74) is 7.34. The van der Waals surface area contributed by atoms with E-state index in [0.29, 0.717) is 40.5 Å². The first-order valence-electron chi connectivity index (χ1n) is 10.2. The van der Waals surface area contributed by atoms with Gasteiger partial charge in [0.25, 0.3) is 0 Å². The Morgan fingerprint density at radius 3 is 1.55 bits per heavy atom. The summed E-state index contributed by atoms with van der Waals surface area (Å²) in [5.74, 6) is -0.0199. The molecule has 176 valence electrons. The monoisotopic (exact) mass is 456 g/mol. The highest BCUT2D eigenvalue weighted by Gasteiger charge is 2.08. The predicted molar refractivity (Wildman–Crippen MR) is 124 cm³/mol. The molecule has 33 heavy (non-hydrogen) atoms. The Bertz CT molecular complexity index is 981. The van der Waals surface area contributed by atoms with E-state index in [0.717, 1.165) is 0 Å². The van der Waals surface area contributed by atoms with E-state index in [2.05, 4.69) is 21.1 Å². The van der Waals surface area contributed by atoms with Crippen LogP contribution in [0.4, 0.5) is 0 Å². The Hall–Kier alpha value is -4.08. The molecule has 0 aromatic heterocycles. The molecule has 0 heterocycles. The topological polar surface area (TPSA) is 142 Å². The van der Waals surface area contributed by atoms with Crippen molar-refractivity contribution in [3.05, 3.63) is 47.5 Å². The first kappa shape index (κ1) is 25.2. The van der Waals surface area contributed by atoms with Crippen LogP contribution in [0.15, 0.2) is 46.6 Å². The molecule has 2 amide bonds. The lowest BCUT2D eigenvalue weighted by Gasteiger charge is -2.07. The van der Waals surface area contributed by atoms with Crippen molar-refractivity contribution in [2.45, 2.75) is 33.1 Å². The van der Waals surface area contributed by atoms with Crippen molar-refractivity contribution in [1.29, 1.82) is 0 Å². The van der Waals surface area contributed by atoms with Gasteiger partial charge in [0.05, 0.1) is 25.6 Å². The first-order chi connectivity index (χ1) is 15.7. The minimum absolute atomic E-state index is 0.0127. The number of nitrogens with one attached hydrogen (secondary N) is 2. The van der Waals surface area contributed by atoms with Gasteiger partial charge in [-0.15, -0.1) is 0 Å². The molecule has 0 aliphatic carbocycles. The summed E-state index contributed by atoms with van der Waals surface area (Å²) in [4.78, 5) is 24.0. The lowest BCUT2D eigenvalue weighted by atomic mass is 10.1. The molecule has 0 spiro atoms. The van der Waals surface area contributed by atoms with Crippen LogP contribution < -0.4 is 20.3 Å². The van der Waals surface area contributed by atoms with Crippen molar-refractivity contribution < 1.29 is 29.3 Å². The fourth-order valence-corrected chi connectivity index (χ4v) is 2.75. The lowest BCUT2D eigenvalue weighted by Crippen LogP contribution is -2.21. The van der Waals surface area contributed by atoms with E-state index in [9.17, 15) is 19.8 Å². The average Bonchev–Trinajstić information content (AvgIpc) is 2.81. The molecule has 0 saturated heterocycles. The van der Waals surface area contributed by atoms with Gasteiger partial charge in [0.2, 0.25) is 11.8 Å². The van der Waals surface area contributed by atoms with E-state index in [-0.39, 0.29) is 36.2 Å². The summed E-state index contributed by atoms with van der Waals surface area (Å²) in [6.45, 7) is 3.42. The van der Waals surface area contributed by atoms with Crippen molar-refractivity contribution in [3.8, 4) is 23.0 Å². The molecule has 0 bridgehead atoms. The number of ether oxygens (including phenoxy) is 2. The van der Waals surface area contributed by atoms with E-state index in [1.807, 2.05) is 0 Å². The molecule has 4 N–H and O–H groups in total. The van der Waals surface area contributed by atoms with Gasteiger partial charge in [0.1, 0.15) is 0 Å². The number of aromatic hydroxyl groups is 2. The number of methoxy groups -OCH3 is 2. The van der Waals surface area contributed by atoms with Gasteiger partial charge in [-0.3, -0.25) is 9.59 Å². The molecule has 2 aromatic rings. The van der Waals surface area contributed by atoms with Crippen LogP contribution in [0.2, 0.25) is 0 Å². The van der Waals surface area contributed by atoms with Crippen LogP contribution in [-0.4, -0.2) is 47.7 Å². The molecule has 0 fully saturated rings. The molecule has 0 saturated carbocycles. The molecule has 10 nitrogen and oxygen atoms in total. The van der Waals surface area contributed by atoms with Crippen LogP contribution in [-0.2, 0) is 9.59 Å². The number of carbonyl (C=O) groups is 2. The normalized spacial score (nSPS) is 11.6. The zero-order valence-corrected chi connectivity index (χ0v) is 19.0. The maximum Gasteiger partial charge on any atom is 0.240 e. The Balaban J connectivity index is 1.79. The second-order valence-electron chi connectivity index (χ2n) is 7.09. The third kappa shape index (κ3) is 7.53. The van der Waals surface area contributed by atoms with Gasteiger partial charge in [-0.2, -0.15) is 10.2 Å². The van der Waals surface area contributed by atoms with Crippen LogP contribution in [0.1, 0.15) is 44.2 Å². The van der Waals surface area contributed by atoms with Crippen molar-refractivity contribution in [3.63, 3.8) is 0 Å².